The average Bonchev–Trinajstić information content (AvgIpc) is 2.57. The van der Waals surface area contributed by atoms with Crippen LogP contribution in [-0.4, -0.2) is 30.1 Å². The minimum absolute atomic E-state index is 0.456. The fraction of sp³-hybridized carbons (Fsp3) is 0.625. The van der Waals surface area contributed by atoms with E-state index in [1.165, 1.54) is 12.1 Å². The molecule has 112 valence electrons. The van der Waals surface area contributed by atoms with Crippen molar-refractivity contribution in [1.82, 2.24) is 10.2 Å². The third kappa shape index (κ3) is 4.00. The summed E-state index contributed by atoms with van der Waals surface area (Å²) in [5.41, 5.74) is 0.841. The van der Waals surface area contributed by atoms with E-state index in [2.05, 4.69) is 24.1 Å². The molecule has 0 spiro atoms. The Labute approximate surface area is 120 Å². The zero-order chi connectivity index (χ0) is 14.5. The maximum atomic E-state index is 13.3. The predicted molar refractivity (Wildman–Crippen MR) is 77.5 cm³/mol. The summed E-state index contributed by atoms with van der Waals surface area (Å²) < 4.78 is 26.3. The Morgan fingerprint density at radius 2 is 2.10 bits per heavy atom. The standard InChI is InChI=1S/C16H24F2N2/c1-3-4-14-11-20(12(2)7-8-19-14)10-13-5-6-15(17)16(18)9-13/h5-6,9,12,14,19H,3-4,7-8,10-11H2,1-2H3. The molecule has 2 rings (SSSR count). The van der Waals surface area contributed by atoms with Gasteiger partial charge >= 0.3 is 0 Å². The van der Waals surface area contributed by atoms with Crippen molar-refractivity contribution in [3.05, 3.63) is 35.4 Å². The van der Waals surface area contributed by atoms with Crippen LogP contribution < -0.4 is 5.32 Å². The van der Waals surface area contributed by atoms with Crippen molar-refractivity contribution in [2.75, 3.05) is 13.1 Å². The molecule has 2 nitrogen and oxygen atoms in total. The van der Waals surface area contributed by atoms with Gasteiger partial charge in [0.15, 0.2) is 11.6 Å². The van der Waals surface area contributed by atoms with Crippen molar-refractivity contribution in [3.63, 3.8) is 0 Å². The molecule has 0 saturated carbocycles. The summed E-state index contributed by atoms with van der Waals surface area (Å²) in [6.45, 7) is 7.07. The van der Waals surface area contributed by atoms with Gasteiger partial charge in [0.2, 0.25) is 0 Å². The first kappa shape index (κ1) is 15.4. The smallest absolute Gasteiger partial charge is 0.159 e. The van der Waals surface area contributed by atoms with Crippen LogP contribution >= 0.6 is 0 Å². The summed E-state index contributed by atoms with van der Waals surface area (Å²) in [5.74, 6) is -1.53. The van der Waals surface area contributed by atoms with Crippen LogP contribution in [0.1, 0.15) is 38.7 Å². The average molecular weight is 282 g/mol. The minimum Gasteiger partial charge on any atom is -0.313 e. The molecule has 0 aromatic heterocycles. The van der Waals surface area contributed by atoms with Gasteiger partial charge < -0.3 is 5.32 Å². The first-order chi connectivity index (χ1) is 9.60. The van der Waals surface area contributed by atoms with Crippen molar-refractivity contribution >= 4 is 0 Å². The van der Waals surface area contributed by atoms with Crippen LogP contribution in [0.3, 0.4) is 0 Å². The maximum absolute atomic E-state index is 13.3. The Balaban J connectivity index is 2.05. The Hall–Kier alpha value is -1.00. The summed E-state index contributed by atoms with van der Waals surface area (Å²) in [4.78, 5) is 2.37. The Bertz CT molecular complexity index is 436. The fourth-order valence-electron chi connectivity index (χ4n) is 2.84. The molecular formula is C16H24F2N2. The highest BCUT2D eigenvalue weighted by molar-refractivity contribution is 5.17. The van der Waals surface area contributed by atoms with Crippen LogP contribution in [0.2, 0.25) is 0 Å². The monoisotopic (exact) mass is 282 g/mol. The molecule has 1 fully saturated rings. The molecule has 1 aromatic rings. The van der Waals surface area contributed by atoms with Gasteiger partial charge in [-0.05, 0) is 44.0 Å². The second-order valence-corrected chi connectivity index (χ2v) is 5.76. The number of halogens is 2. The van der Waals surface area contributed by atoms with Gasteiger partial charge in [-0.1, -0.05) is 19.4 Å². The van der Waals surface area contributed by atoms with Gasteiger partial charge in [0.1, 0.15) is 0 Å². The van der Waals surface area contributed by atoms with E-state index in [0.29, 0.717) is 18.6 Å². The number of rotatable bonds is 4. The molecule has 1 N–H and O–H groups in total. The van der Waals surface area contributed by atoms with Gasteiger partial charge in [0.05, 0.1) is 0 Å². The molecule has 2 atom stereocenters. The number of hydrogen-bond donors (Lipinski definition) is 1. The van der Waals surface area contributed by atoms with Gasteiger partial charge in [-0.15, -0.1) is 0 Å². The summed E-state index contributed by atoms with van der Waals surface area (Å²) in [6, 6.07) is 5.16. The van der Waals surface area contributed by atoms with E-state index in [4.69, 9.17) is 0 Å². The van der Waals surface area contributed by atoms with Crippen LogP contribution in [0, 0.1) is 11.6 Å². The molecular weight excluding hydrogens is 258 g/mol. The molecule has 1 aromatic carbocycles. The molecule has 1 saturated heterocycles. The highest BCUT2D eigenvalue weighted by Gasteiger charge is 2.22. The number of benzene rings is 1. The van der Waals surface area contributed by atoms with Gasteiger partial charge in [0.25, 0.3) is 0 Å². The predicted octanol–water partition coefficient (Wildman–Crippen LogP) is 3.32. The van der Waals surface area contributed by atoms with Crippen LogP contribution in [0.4, 0.5) is 8.78 Å². The van der Waals surface area contributed by atoms with Crippen LogP contribution in [-0.2, 0) is 6.54 Å². The first-order valence-electron chi connectivity index (χ1n) is 7.51. The number of nitrogens with zero attached hydrogens (tertiary/aromatic N) is 1. The number of nitrogens with one attached hydrogen (secondary N) is 1. The quantitative estimate of drug-likeness (QED) is 0.911. The largest absolute Gasteiger partial charge is 0.313 e. The lowest BCUT2D eigenvalue weighted by Crippen LogP contribution is -2.39. The normalized spacial score (nSPS) is 24.6. The molecule has 4 heteroatoms. The maximum Gasteiger partial charge on any atom is 0.159 e. The van der Waals surface area contributed by atoms with Gasteiger partial charge in [-0.25, -0.2) is 8.78 Å². The lowest BCUT2D eigenvalue weighted by atomic mass is 10.1. The van der Waals surface area contributed by atoms with Crippen molar-refractivity contribution in [1.29, 1.82) is 0 Å². The SMILES string of the molecule is CCCC1CN(Cc2ccc(F)c(F)c2)C(C)CCN1. The molecule has 1 aliphatic rings. The fourth-order valence-corrected chi connectivity index (χ4v) is 2.84. The van der Waals surface area contributed by atoms with Crippen LogP contribution in [0.25, 0.3) is 0 Å². The van der Waals surface area contributed by atoms with E-state index in [-0.39, 0.29) is 0 Å². The van der Waals surface area contributed by atoms with Gasteiger partial charge in [-0.2, -0.15) is 0 Å². The lowest BCUT2D eigenvalue weighted by Gasteiger charge is -2.29. The van der Waals surface area contributed by atoms with E-state index in [9.17, 15) is 8.78 Å². The second kappa shape index (κ2) is 7.14. The van der Waals surface area contributed by atoms with E-state index in [1.54, 1.807) is 6.07 Å². The minimum atomic E-state index is -0.775. The number of hydrogen-bond acceptors (Lipinski definition) is 2. The van der Waals surface area contributed by atoms with E-state index < -0.39 is 11.6 Å². The van der Waals surface area contributed by atoms with E-state index in [0.717, 1.165) is 37.9 Å². The summed E-state index contributed by atoms with van der Waals surface area (Å²) in [6.07, 6.45) is 3.40. The van der Waals surface area contributed by atoms with Crippen molar-refractivity contribution in [2.45, 2.75) is 51.7 Å². The summed E-state index contributed by atoms with van der Waals surface area (Å²) in [5, 5.41) is 3.57. The molecule has 20 heavy (non-hydrogen) atoms. The Morgan fingerprint density at radius 1 is 1.30 bits per heavy atom. The third-order valence-electron chi connectivity index (χ3n) is 4.08. The van der Waals surface area contributed by atoms with Crippen LogP contribution in [0.5, 0.6) is 0 Å². The van der Waals surface area contributed by atoms with E-state index >= 15 is 0 Å². The molecule has 1 heterocycles. The highest BCUT2D eigenvalue weighted by Crippen LogP contribution is 2.17. The second-order valence-electron chi connectivity index (χ2n) is 5.76. The zero-order valence-electron chi connectivity index (χ0n) is 12.3. The van der Waals surface area contributed by atoms with Gasteiger partial charge in [-0.3, -0.25) is 4.90 Å². The Morgan fingerprint density at radius 3 is 2.80 bits per heavy atom. The third-order valence-corrected chi connectivity index (χ3v) is 4.08. The molecule has 0 bridgehead atoms. The van der Waals surface area contributed by atoms with Crippen molar-refractivity contribution < 1.29 is 8.78 Å². The van der Waals surface area contributed by atoms with Gasteiger partial charge in [0, 0.05) is 25.2 Å². The van der Waals surface area contributed by atoms with Crippen molar-refractivity contribution in [2.24, 2.45) is 0 Å². The summed E-state index contributed by atoms with van der Waals surface area (Å²) >= 11 is 0. The molecule has 0 amide bonds. The Kier molecular flexibility index (Phi) is 5.49. The molecule has 0 aliphatic carbocycles. The van der Waals surface area contributed by atoms with Crippen LogP contribution in [0.15, 0.2) is 18.2 Å². The van der Waals surface area contributed by atoms with Crippen molar-refractivity contribution in [3.8, 4) is 0 Å². The molecule has 1 aliphatic heterocycles. The topological polar surface area (TPSA) is 15.3 Å². The summed E-state index contributed by atoms with van der Waals surface area (Å²) in [7, 11) is 0. The van der Waals surface area contributed by atoms with E-state index in [1.807, 2.05) is 0 Å². The molecule has 0 radical (unpaired) electrons. The first-order valence-corrected chi connectivity index (χ1v) is 7.51. The zero-order valence-corrected chi connectivity index (χ0v) is 12.3. The highest BCUT2D eigenvalue weighted by atomic mass is 19.2. The molecule has 2 unspecified atom stereocenters. The lowest BCUT2D eigenvalue weighted by molar-refractivity contribution is 0.193.